The van der Waals surface area contributed by atoms with Gasteiger partial charge >= 0.3 is 0 Å². The average Bonchev–Trinajstić information content (AvgIpc) is 2.40. The van der Waals surface area contributed by atoms with Gasteiger partial charge in [0.2, 0.25) is 0 Å². The number of ketones is 1. The number of hydrogen-bond donors (Lipinski definition) is 0. The van der Waals surface area contributed by atoms with E-state index in [1.54, 1.807) is 25.3 Å². The largest absolute Gasteiger partial charge is 0.496 e. The van der Waals surface area contributed by atoms with Crippen molar-refractivity contribution in [3.05, 3.63) is 59.7 Å². The van der Waals surface area contributed by atoms with Crippen LogP contribution in [0, 0.1) is 7.14 Å². The smallest absolute Gasteiger partial charge is 0.197 e. The second-order valence-corrected chi connectivity index (χ2v) is 6.64. The molecule has 5 heteroatoms. The van der Waals surface area contributed by atoms with E-state index in [0.29, 0.717) is 21.9 Å². The van der Waals surface area contributed by atoms with Gasteiger partial charge in [0, 0.05) is 17.7 Å². The first-order valence-electron chi connectivity index (χ1n) is 5.36. The summed E-state index contributed by atoms with van der Waals surface area (Å²) in [6, 6.07) is 10.8. The van der Waals surface area contributed by atoms with E-state index in [-0.39, 0.29) is 5.78 Å². The van der Waals surface area contributed by atoms with E-state index in [1.807, 2.05) is 18.2 Å². The summed E-state index contributed by atoms with van der Waals surface area (Å²) in [5.41, 5.74) is 1.14. The van der Waals surface area contributed by atoms with Crippen LogP contribution in [0.25, 0.3) is 0 Å². The second-order valence-electron chi connectivity index (χ2n) is 3.80. The molecule has 19 heavy (non-hydrogen) atoms. The predicted octanol–water partition coefficient (Wildman–Crippen LogP) is 4.79. The van der Waals surface area contributed by atoms with Gasteiger partial charge < -0.3 is 4.74 Å². The van der Waals surface area contributed by atoms with E-state index in [1.165, 1.54) is 0 Å². The molecule has 0 heterocycles. The van der Waals surface area contributed by atoms with Crippen molar-refractivity contribution in [3.8, 4) is 5.75 Å². The number of benzene rings is 2. The van der Waals surface area contributed by atoms with Crippen molar-refractivity contribution in [3.63, 3.8) is 0 Å². The third kappa shape index (κ3) is 3.41. The van der Waals surface area contributed by atoms with Crippen LogP contribution in [0.4, 0.5) is 0 Å². The van der Waals surface area contributed by atoms with E-state index in [9.17, 15) is 4.79 Å². The topological polar surface area (TPSA) is 26.3 Å². The molecule has 0 N–H and O–H groups in total. The summed E-state index contributed by atoms with van der Waals surface area (Å²) in [5.74, 6) is 0.489. The molecule has 0 spiro atoms. The SMILES string of the molecule is COc1ccc(I)cc1C(=O)c1cc(Cl)ccc1I. The first-order chi connectivity index (χ1) is 9.02. The number of carbonyl (C=O) groups is 1. The molecule has 0 fully saturated rings. The molecule has 2 nitrogen and oxygen atoms in total. The highest BCUT2D eigenvalue weighted by Gasteiger charge is 2.17. The highest BCUT2D eigenvalue weighted by atomic mass is 127. The summed E-state index contributed by atoms with van der Waals surface area (Å²) in [4.78, 5) is 12.6. The molecule has 98 valence electrons. The minimum absolute atomic E-state index is 0.0812. The fourth-order valence-electron chi connectivity index (χ4n) is 1.67. The minimum atomic E-state index is -0.0812. The van der Waals surface area contributed by atoms with Gasteiger partial charge in [-0.25, -0.2) is 0 Å². The van der Waals surface area contributed by atoms with Gasteiger partial charge in [0.15, 0.2) is 5.78 Å². The van der Waals surface area contributed by atoms with Crippen LogP contribution in [-0.2, 0) is 0 Å². The molecule has 0 aromatic heterocycles. The zero-order valence-electron chi connectivity index (χ0n) is 9.91. The lowest BCUT2D eigenvalue weighted by Crippen LogP contribution is -2.06. The molecule has 0 bridgehead atoms. The molecular weight excluding hydrogens is 489 g/mol. The van der Waals surface area contributed by atoms with Crippen molar-refractivity contribution in [1.29, 1.82) is 0 Å². The fraction of sp³-hybridized carbons (Fsp3) is 0.0714. The van der Waals surface area contributed by atoms with Crippen LogP contribution in [0.5, 0.6) is 5.75 Å². The lowest BCUT2D eigenvalue weighted by Gasteiger charge is -2.09. The van der Waals surface area contributed by atoms with Gasteiger partial charge in [-0.15, -0.1) is 0 Å². The van der Waals surface area contributed by atoms with Crippen molar-refractivity contribution < 1.29 is 9.53 Å². The molecule has 2 aromatic rings. The van der Waals surface area contributed by atoms with Crippen molar-refractivity contribution in [2.45, 2.75) is 0 Å². The number of rotatable bonds is 3. The lowest BCUT2D eigenvalue weighted by atomic mass is 10.0. The Balaban J connectivity index is 2.55. The van der Waals surface area contributed by atoms with Crippen LogP contribution in [0.2, 0.25) is 5.02 Å². The second kappa shape index (κ2) is 6.41. The monoisotopic (exact) mass is 498 g/mol. The highest BCUT2D eigenvalue weighted by Crippen LogP contribution is 2.27. The minimum Gasteiger partial charge on any atom is -0.496 e. The van der Waals surface area contributed by atoms with Gasteiger partial charge in [-0.2, -0.15) is 0 Å². The molecule has 0 amide bonds. The average molecular weight is 498 g/mol. The number of hydrogen-bond acceptors (Lipinski definition) is 2. The van der Waals surface area contributed by atoms with E-state index in [4.69, 9.17) is 16.3 Å². The summed E-state index contributed by atoms with van der Waals surface area (Å²) in [6.45, 7) is 0. The zero-order valence-corrected chi connectivity index (χ0v) is 15.0. The molecule has 0 atom stereocenters. The number of ether oxygens (including phenoxy) is 1. The van der Waals surface area contributed by atoms with Gasteiger partial charge in [-0.05, 0) is 81.6 Å². The van der Waals surface area contributed by atoms with Crippen LogP contribution < -0.4 is 4.74 Å². The number of halogens is 3. The molecule has 0 unspecified atom stereocenters. The molecule has 0 aliphatic heterocycles. The summed E-state index contributed by atoms with van der Waals surface area (Å²) < 4.78 is 7.11. The van der Waals surface area contributed by atoms with Crippen molar-refractivity contribution in [1.82, 2.24) is 0 Å². The molecule has 2 aromatic carbocycles. The van der Waals surface area contributed by atoms with E-state index >= 15 is 0 Å². The summed E-state index contributed by atoms with van der Waals surface area (Å²) in [6.07, 6.45) is 0. The Labute approximate surface area is 143 Å². The number of carbonyl (C=O) groups excluding carboxylic acids is 1. The van der Waals surface area contributed by atoms with Crippen LogP contribution in [0.1, 0.15) is 15.9 Å². The van der Waals surface area contributed by atoms with Crippen LogP contribution in [0.15, 0.2) is 36.4 Å². The first-order valence-corrected chi connectivity index (χ1v) is 7.89. The maximum absolute atomic E-state index is 12.6. The Bertz CT molecular complexity index is 641. The normalized spacial score (nSPS) is 10.3. The summed E-state index contributed by atoms with van der Waals surface area (Å²) >= 11 is 10.3. The highest BCUT2D eigenvalue weighted by molar-refractivity contribution is 14.1. The van der Waals surface area contributed by atoms with E-state index in [2.05, 4.69) is 45.2 Å². The zero-order chi connectivity index (χ0) is 14.0. The third-order valence-corrected chi connectivity index (χ3v) is 4.43. The first kappa shape index (κ1) is 15.1. The van der Waals surface area contributed by atoms with E-state index < -0.39 is 0 Å². The molecule has 0 saturated heterocycles. The fourth-order valence-corrected chi connectivity index (χ4v) is 2.92. The number of methoxy groups -OCH3 is 1. The Morgan fingerprint density at radius 2 is 1.84 bits per heavy atom. The van der Waals surface area contributed by atoms with Crippen LogP contribution in [-0.4, -0.2) is 12.9 Å². The lowest BCUT2D eigenvalue weighted by molar-refractivity contribution is 0.103. The van der Waals surface area contributed by atoms with Crippen LogP contribution >= 0.6 is 56.8 Å². The molecule has 2 rings (SSSR count). The van der Waals surface area contributed by atoms with Crippen molar-refractivity contribution in [2.75, 3.05) is 7.11 Å². The van der Waals surface area contributed by atoms with Gasteiger partial charge in [-0.3, -0.25) is 4.79 Å². The molecular formula is C14H9ClI2O2. The maximum atomic E-state index is 12.6. The van der Waals surface area contributed by atoms with Gasteiger partial charge in [0.25, 0.3) is 0 Å². The van der Waals surface area contributed by atoms with Crippen molar-refractivity contribution in [2.24, 2.45) is 0 Å². The quantitative estimate of drug-likeness (QED) is 0.450. The van der Waals surface area contributed by atoms with Crippen LogP contribution in [0.3, 0.4) is 0 Å². The Kier molecular flexibility index (Phi) is 5.08. The van der Waals surface area contributed by atoms with Gasteiger partial charge in [-0.1, -0.05) is 11.6 Å². The predicted molar refractivity (Wildman–Crippen MR) is 93.3 cm³/mol. The molecule has 0 radical (unpaired) electrons. The standard InChI is InChI=1S/C14H9ClI2O2/c1-19-13-5-3-9(16)7-11(13)14(18)10-6-8(15)2-4-12(10)17/h2-7H,1H3. The summed E-state index contributed by atoms with van der Waals surface area (Å²) in [7, 11) is 1.56. The Morgan fingerprint density at radius 1 is 1.11 bits per heavy atom. The van der Waals surface area contributed by atoms with Gasteiger partial charge in [0.05, 0.1) is 12.7 Å². The Hall–Kier alpha value is -0.340. The Morgan fingerprint density at radius 3 is 2.53 bits per heavy atom. The maximum Gasteiger partial charge on any atom is 0.197 e. The third-order valence-electron chi connectivity index (χ3n) is 2.58. The van der Waals surface area contributed by atoms with Gasteiger partial charge in [0.1, 0.15) is 5.75 Å². The van der Waals surface area contributed by atoms with Crippen molar-refractivity contribution >= 4 is 62.6 Å². The molecule has 0 aliphatic carbocycles. The molecule has 0 saturated carbocycles. The molecule has 0 aliphatic rings. The van der Waals surface area contributed by atoms with E-state index in [0.717, 1.165) is 7.14 Å². The summed E-state index contributed by atoms with van der Waals surface area (Å²) in [5, 5.41) is 0.549.